The number of amides is 1. The molecule has 248 valence electrons. The molecule has 1 amide bonds. The van der Waals surface area contributed by atoms with Gasteiger partial charge in [0.25, 0.3) is 5.56 Å². The summed E-state index contributed by atoms with van der Waals surface area (Å²) >= 11 is 0. The van der Waals surface area contributed by atoms with E-state index in [1.807, 2.05) is 45.0 Å². The van der Waals surface area contributed by atoms with Crippen molar-refractivity contribution in [1.29, 1.82) is 0 Å². The molecule has 0 unspecified atom stereocenters. The molecule has 10 heteroatoms. The second kappa shape index (κ2) is 14.3. The molecular formula is C36H51N5O4Si. The smallest absolute Gasteiger partial charge is 0.407 e. The number of rotatable bonds is 8. The molecule has 1 aliphatic rings. The van der Waals surface area contributed by atoms with Gasteiger partial charge in [0.1, 0.15) is 25.1 Å². The zero-order valence-corrected chi connectivity index (χ0v) is 30.2. The number of nitrogens with one attached hydrogen (secondary N) is 2. The Morgan fingerprint density at radius 3 is 2.24 bits per heavy atom. The van der Waals surface area contributed by atoms with Gasteiger partial charge in [-0.2, -0.15) is 4.98 Å². The zero-order chi connectivity index (χ0) is 33.8. The van der Waals surface area contributed by atoms with Gasteiger partial charge in [-0.1, -0.05) is 59.6 Å². The van der Waals surface area contributed by atoms with Crippen molar-refractivity contribution in [2.75, 3.05) is 12.4 Å². The number of methoxy groups -OCH3 is 1. The Morgan fingerprint density at radius 2 is 1.65 bits per heavy atom. The lowest BCUT2D eigenvalue weighted by Gasteiger charge is -2.38. The highest BCUT2D eigenvalue weighted by Crippen LogP contribution is 2.41. The second-order valence-electron chi connectivity index (χ2n) is 14.3. The average molecular weight is 646 g/mol. The van der Waals surface area contributed by atoms with Crippen LogP contribution in [0.2, 0.25) is 16.6 Å². The summed E-state index contributed by atoms with van der Waals surface area (Å²) in [7, 11) is -0.433. The summed E-state index contributed by atoms with van der Waals surface area (Å²) in [5, 5.41) is 7.04. The highest BCUT2D eigenvalue weighted by molar-refractivity contribution is 6.90. The Bertz CT molecular complexity index is 1640. The third kappa shape index (κ3) is 7.75. The quantitative estimate of drug-likeness (QED) is 0.188. The summed E-state index contributed by atoms with van der Waals surface area (Å²) in [6, 6.07) is 9.14. The maximum atomic E-state index is 14.0. The molecule has 9 nitrogen and oxygen atoms in total. The molecule has 2 N–H and O–H groups in total. The molecule has 2 aromatic heterocycles. The number of carbonyl (C=O) groups is 1. The summed E-state index contributed by atoms with van der Waals surface area (Å²) in [4.78, 5) is 36.0. The number of ether oxygens (including phenoxy) is 2. The molecule has 0 saturated heterocycles. The van der Waals surface area contributed by atoms with Crippen LogP contribution in [-0.4, -0.2) is 47.5 Å². The van der Waals surface area contributed by atoms with Crippen LogP contribution in [0.25, 0.3) is 11.0 Å². The molecule has 1 aromatic carbocycles. The Kier molecular flexibility index (Phi) is 10.9. The van der Waals surface area contributed by atoms with Crippen LogP contribution in [0.5, 0.6) is 5.75 Å². The van der Waals surface area contributed by atoms with Crippen LogP contribution < -0.4 is 20.9 Å². The molecule has 4 rings (SSSR count). The number of anilines is 2. The maximum Gasteiger partial charge on any atom is 0.407 e. The summed E-state index contributed by atoms with van der Waals surface area (Å²) in [5.41, 5.74) is 6.42. The fraction of sp³-hybridized carbons (Fsp3) is 0.556. The van der Waals surface area contributed by atoms with Crippen molar-refractivity contribution in [3.63, 3.8) is 0 Å². The number of para-hydroxylation sites is 2. The minimum absolute atomic E-state index is 0.0169. The van der Waals surface area contributed by atoms with E-state index in [1.165, 1.54) is 0 Å². The minimum Gasteiger partial charge on any atom is -0.495 e. The minimum atomic E-state index is -2.05. The van der Waals surface area contributed by atoms with Gasteiger partial charge in [0, 0.05) is 29.9 Å². The van der Waals surface area contributed by atoms with Crippen LogP contribution in [0.4, 0.5) is 16.4 Å². The third-order valence-electron chi connectivity index (χ3n) is 9.21. The standard InChI is InChI=1S/C36H51N5O4Si/c1-23(2)46(24(3)4,25(5)6)20-19-26-21-32(42)41(28-17-15-27(16-18-28)38-35(43)45-36(7,8)9)33-29(26)22-37-34(40-33)39-30-13-11-12-14-31(30)44-10/h11-14,21-25,27-28H,15-18H2,1-10H3,(H,38,43)(H,37,39,40). The van der Waals surface area contributed by atoms with Crippen molar-refractivity contribution in [2.45, 2.75) is 122 Å². The number of benzene rings is 1. The number of hydrogen-bond donors (Lipinski definition) is 2. The number of alkyl carbamates (subject to hydrolysis) is 1. The first-order valence-electron chi connectivity index (χ1n) is 16.5. The average Bonchev–Trinajstić information content (AvgIpc) is 2.96. The highest BCUT2D eigenvalue weighted by atomic mass is 28.3. The van der Waals surface area contributed by atoms with Crippen LogP contribution in [0.1, 0.15) is 99.6 Å². The fourth-order valence-corrected chi connectivity index (χ4v) is 12.3. The van der Waals surface area contributed by atoms with Crippen molar-refractivity contribution in [2.24, 2.45) is 0 Å². The second-order valence-corrected chi connectivity index (χ2v) is 19.9. The lowest BCUT2D eigenvalue weighted by Crippen LogP contribution is -2.43. The maximum absolute atomic E-state index is 14.0. The van der Waals surface area contributed by atoms with E-state index in [4.69, 9.17) is 14.5 Å². The Balaban J connectivity index is 1.77. The molecule has 1 saturated carbocycles. The normalized spacial score (nSPS) is 17.2. The van der Waals surface area contributed by atoms with E-state index in [9.17, 15) is 9.59 Å². The molecule has 2 heterocycles. The Labute approximate surface area is 274 Å². The number of carbonyl (C=O) groups excluding carboxylic acids is 1. The number of nitrogens with zero attached hydrogens (tertiary/aromatic N) is 3. The van der Waals surface area contributed by atoms with Crippen molar-refractivity contribution >= 4 is 36.8 Å². The van der Waals surface area contributed by atoms with Crippen molar-refractivity contribution in [1.82, 2.24) is 19.9 Å². The van der Waals surface area contributed by atoms with Gasteiger partial charge in [0.2, 0.25) is 5.95 Å². The molecule has 0 atom stereocenters. The SMILES string of the molecule is COc1ccccc1Nc1ncc2c(C#C[Si](C(C)C)(C(C)C)C(C)C)cc(=O)n(C3CCC(NC(=O)OC(C)(C)C)CC3)c2n1. The first-order valence-corrected chi connectivity index (χ1v) is 18.7. The molecule has 0 aliphatic heterocycles. The highest BCUT2D eigenvalue weighted by Gasteiger charge is 2.41. The van der Waals surface area contributed by atoms with E-state index < -0.39 is 19.8 Å². The van der Waals surface area contributed by atoms with Gasteiger partial charge in [-0.25, -0.2) is 9.78 Å². The van der Waals surface area contributed by atoms with Gasteiger partial charge < -0.3 is 20.1 Å². The van der Waals surface area contributed by atoms with E-state index in [1.54, 1.807) is 23.9 Å². The monoisotopic (exact) mass is 645 g/mol. The van der Waals surface area contributed by atoms with E-state index in [0.29, 0.717) is 52.4 Å². The predicted octanol–water partition coefficient (Wildman–Crippen LogP) is 8.12. The lowest BCUT2D eigenvalue weighted by molar-refractivity contribution is 0.0488. The summed E-state index contributed by atoms with van der Waals surface area (Å²) in [6.45, 7) is 19.2. The van der Waals surface area contributed by atoms with Crippen molar-refractivity contribution < 1.29 is 14.3 Å². The van der Waals surface area contributed by atoms with Crippen LogP contribution in [0.3, 0.4) is 0 Å². The molecular weight excluding hydrogens is 595 g/mol. The summed E-state index contributed by atoms with van der Waals surface area (Å²) in [5.74, 6) is 4.52. The summed E-state index contributed by atoms with van der Waals surface area (Å²) < 4.78 is 12.8. The van der Waals surface area contributed by atoms with E-state index in [2.05, 4.69) is 68.6 Å². The van der Waals surface area contributed by atoms with Gasteiger partial charge in [0.15, 0.2) is 0 Å². The molecule has 3 aromatic rings. The number of pyridine rings is 1. The number of fused-ring (bicyclic) bond motifs is 1. The van der Waals surface area contributed by atoms with E-state index in [0.717, 1.165) is 23.9 Å². The van der Waals surface area contributed by atoms with Gasteiger partial charge >= 0.3 is 6.09 Å². The van der Waals surface area contributed by atoms with Crippen molar-refractivity contribution in [3.05, 3.63) is 52.4 Å². The van der Waals surface area contributed by atoms with Crippen LogP contribution >= 0.6 is 0 Å². The molecule has 46 heavy (non-hydrogen) atoms. The lowest BCUT2D eigenvalue weighted by atomic mass is 9.90. The van der Waals surface area contributed by atoms with Crippen LogP contribution in [0, 0.1) is 11.5 Å². The largest absolute Gasteiger partial charge is 0.495 e. The first-order chi connectivity index (χ1) is 21.7. The zero-order valence-electron chi connectivity index (χ0n) is 29.2. The van der Waals surface area contributed by atoms with Crippen LogP contribution in [-0.2, 0) is 4.74 Å². The third-order valence-corrected chi connectivity index (χ3v) is 15.5. The topological polar surface area (TPSA) is 107 Å². The molecule has 0 spiro atoms. The van der Waals surface area contributed by atoms with E-state index >= 15 is 0 Å². The molecule has 0 bridgehead atoms. The van der Waals surface area contributed by atoms with Gasteiger partial charge in [0.05, 0.1) is 18.2 Å². The van der Waals surface area contributed by atoms with Gasteiger partial charge in [-0.3, -0.25) is 9.36 Å². The predicted molar refractivity (Wildman–Crippen MR) is 189 cm³/mol. The molecule has 1 aliphatic carbocycles. The van der Waals surface area contributed by atoms with Crippen LogP contribution in [0.15, 0.2) is 41.3 Å². The first kappa shape index (κ1) is 35.0. The molecule has 1 fully saturated rings. The van der Waals surface area contributed by atoms with E-state index in [-0.39, 0.29) is 17.6 Å². The fourth-order valence-electron chi connectivity index (χ4n) is 7.07. The summed E-state index contributed by atoms with van der Waals surface area (Å²) in [6.07, 6.45) is 4.24. The van der Waals surface area contributed by atoms with Gasteiger partial charge in [-0.15, -0.1) is 5.54 Å². The Morgan fingerprint density at radius 1 is 1.02 bits per heavy atom. The van der Waals surface area contributed by atoms with Crippen molar-refractivity contribution in [3.8, 4) is 17.2 Å². The van der Waals surface area contributed by atoms with Gasteiger partial charge in [-0.05, 0) is 75.2 Å². The number of aromatic nitrogens is 3. The number of hydrogen-bond acceptors (Lipinski definition) is 7. The Hall–Kier alpha value is -3.84. The molecule has 0 radical (unpaired) electrons.